The molecule has 2 rings (SSSR count). The molecule has 1 aromatic rings. The van der Waals surface area contributed by atoms with Crippen LogP contribution in [0.15, 0.2) is 22.7 Å². The summed E-state index contributed by atoms with van der Waals surface area (Å²) in [4.78, 5) is 23.4. The van der Waals surface area contributed by atoms with E-state index in [1.165, 1.54) is 0 Å². The molecule has 132 valence electrons. The molecular formula is C16H18BrF3N2O2. The molecule has 1 aliphatic rings. The molecule has 0 aliphatic heterocycles. The van der Waals surface area contributed by atoms with Gasteiger partial charge >= 0.3 is 12.1 Å². The fourth-order valence-electron chi connectivity index (χ4n) is 2.57. The van der Waals surface area contributed by atoms with Crippen LogP contribution in [0.3, 0.4) is 0 Å². The third-order valence-electron chi connectivity index (χ3n) is 4.11. The topological polar surface area (TPSA) is 58.2 Å². The van der Waals surface area contributed by atoms with E-state index < -0.39 is 18.1 Å². The maximum absolute atomic E-state index is 12.4. The van der Waals surface area contributed by atoms with Crippen molar-refractivity contribution in [3.05, 3.63) is 33.8 Å². The average Bonchev–Trinajstić information content (AvgIpc) is 3.18. The summed E-state index contributed by atoms with van der Waals surface area (Å²) < 4.78 is 37.5. The van der Waals surface area contributed by atoms with Crippen molar-refractivity contribution in [3.8, 4) is 0 Å². The van der Waals surface area contributed by atoms with Crippen molar-refractivity contribution < 1.29 is 22.8 Å². The molecule has 0 unspecified atom stereocenters. The molecule has 1 aliphatic carbocycles. The zero-order valence-electron chi connectivity index (χ0n) is 13.2. The Bertz CT molecular complexity index is 649. The van der Waals surface area contributed by atoms with Crippen LogP contribution in [0, 0.1) is 18.8 Å². The summed E-state index contributed by atoms with van der Waals surface area (Å²) in [6, 6.07) is 4.68. The van der Waals surface area contributed by atoms with Crippen molar-refractivity contribution in [1.82, 2.24) is 10.6 Å². The van der Waals surface area contributed by atoms with Crippen LogP contribution in [0.25, 0.3) is 0 Å². The van der Waals surface area contributed by atoms with Gasteiger partial charge in [0.2, 0.25) is 0 Å². The number of halogens is 4. The van der Waals surface area contributed by atoms with Gasteiger partial charge in [-0.3, -0.25) is 9.59 Å². The minimum atomic E-state index is -4.93. The summed E-state index contributed by atoms with van der Waals surface area (Å²) in [5, 5.41) is 4.60. The molecule has 0 bridgehead atoms. The number of aryl methyl sites for hydroxylation is 1. The van der Waals surface area contributed by atoms with Crippen LogP contribution in [0.4, 0.5) is 13.2 Å². The second-order valence-electron chi connectivity index (χ2n) is 6.15. The minimum absolute atomic E-state index is 0.0618. The Morgan fingerprint density at radius 1 is 1.38 bits per heavy atom. The van der Waals surface area contributed by atoms with Gasteiger partial charge in [-0.05, 0) is 58.8 Å². The van der Waals surface area contributed by atoms with E-state index in [2.05, 4.69) is 21.2 Å². The average molecular weight is 407 g/mol. The molecule has 1 fully saturated rings. The van der Waals surface area contributed by atoms with Crippen LogP contribution < -0.4 is 10.6 Å². The summed E-state index contributed by atoms with van der Waals surface area (Å²) in [5.41, 5.74) is 1.38. The lowest BCUT2D eigenvalue weighted by Gasteiger charge is -2.20. The Morgan fingerprint density at radius 2 is 2.00 bits per heavy atom. The minimum Gasteiger partial charge on any atom is -0.347 e. The predicted molar refractivity (Wildman–Crippen MR) is 86.5 cm³/mol. The predicted octanol–water partition coefficient (Wildman–Crippen LogP) is 3.19. The zero-order chi connectivity index (χ0) is 18.1. The summed E-state index contributed by atoms with van der Waals surface area (Å²) in [7, 11) is 0. The lowest BCUT2D eigenvalue weighted by molar-refractivity contribution is -0.173. The summed E-state index contributed by atoms with van der Waals surface area (Å²) in [6.07, 6.45) is -4.12. The zero-order valence-corrected chi connectivity index (χ0v) is 14.8. The monoisotopic (exact) mass is 406 g/mol. The van der Waals surface area contributed by atoms with E-state index in [0.29, 0.717) is 16.0 Å². The first-order valence-corrected chi connectivity index (χ1v) is 8.31. The largest absolute Gasteiger partial charge is 0.471 e. The summed E-state index contributed by atoms with van der Waals surface area (Å²) >= 11 is 3.31. The molecule has 4 nitrogen and oxygen atoms in total. The number of alkyl halides is 3. The third kappa shape index (κ3) is 4.72. The molecular weight excluding hydrogens is 389 g/mol. The summed E-state index contributed by atoms with van der Waals surface area (Å²) in [6.45, 7) is 3.59. The van der Waals surface area contributed by atoms with E-state index in [0.717, 1.165) is 12.0 Å². The van der Waals surface area contributed by atoms with Crippen molar-refractivity contribution in [2.75, 3.05) is 6.54 Å². The van der Waals surface area contributed by atoms with Crippen LogP contribution in [0.1, 0.15) is 29.3 Å². The highest BCUT2D eigenvalue weighted by atomic mass is 79.9. The van der Waals surface area contributed by atoms with Gasteiger partial charge in [0.1, 0.15) is 0 Å². The first-order chi connectivity index (χ1) is 11.1. The molecule has 3 atom stereocenters. The Kier molecular flexibility index (Phi) is 5.57. The lowest BCUT2D eigenvalue weighted by Crippen LogP contribution is -2.48. The number of benzene rings is 1. The summed E-state index contributed by atoms with van der Waals surface area (Å²) in [5.74, 6) is -2.01. The van der Waals surface area contributed by atoms with Crippen molar-refractivity contribution >= 4 is 27.7 Å². The van der Waals surface area contributed by atoms with Crippen LogP contribution in [0.2, 0.25) is 0 Å². The molecule has 8 heteroatoms. The third-order valence-corrected chi connectivity index (χ3v) is 4.77. The second kappa shape index (κ2) is 7.13. The Hall–Kier alpha value is -1.57. The van der Waals surface area contributed by atoms with E-state index in [9.17, 15) is 22.8 Å². The van der Waals surface area contributed by atoms with Gasteiger partial charge in [-0.25, -0.2) is 0 Å². The Balaban J connectivity index is 2.03. The fraction of sp³-hybridized carbons (Fsp3) is 0.500. The van der Waals surface area contributed by atoms with Crippen molar-refractivity contribution in [2.45, 2.75) is 32.5 Å². The first kappa shape index (κ1) is 18.8. The standard InChI is InChI=1S/C16H18BrF3N2O2/c1-8-3-4-10(12(17)5-8)14(23)22-13(11-6-9(11)2)7-21-15(24)16(18,19)20/h3-5,9,11,13H,6-7H2,1-2H3,(H,21,24)(H,22,23)/t9-,11+,13+/m0/s1. The smallest absolute Gasteiger partial charge is 0.347 e. The van der Waals surface area contributed by atoms with Gasteiger partial charge in [-0.15, -0.1) is 0 Å². The normalized spacial score (nSPS) is 21.1. The van der Waals surface area contributed by atoms with Gasteiger partial charge in [0, 0.05) is 17.1 Å². The van der Waals surface area contributed by atoms with E-state index in [-0.39, 0.29) is 18.4 Å². The Morgan fingerprint density at radius 3 is 2.50 bits per heavy atom. The van der Waals surface area contributed by atoms with E-state index in [4.69, 9.17) is 0 Å². The molecule has 1 saturated carbocycles. The van der Waals surface area contributed by atoms with Gasteiger partial charge in [0.15, 0.2) is 0 Å². The maximum atomic E-state index is 12.4. The van der Waals surface area contributed by atoms with Crippen LogP contribution in [-0.4, -0.2) is 30.6 Å². The quantitative estimate of drug-likeness (QED) is 0.788. The number of amides is 2. The highest BCUT2D eigenvalue weighted by Crippen LogP contribution is 2.40. The van der Waals surface area contributed by atoms with Gasteiger partial charge in [-0.2, -0.15) is 13.2 Å². The van der Waals surface area contributed by atoms with Crippen molar-refractivity contribution in [2.24, 2.45) is 11.8 Å². The van der Waals surface area contributed by atoms with Crippen LogP contribution in [-0.2, 0) is 4.79 Å². The molecule has 0 spiro atoms. The van der Waals surface area contributed by atoms with Crippen molar-refractivity contribution in [3.63, 3.8) is 0 Å². The van der Waals surface area contributed by atoms with Gasteiger partial charge in [-0.1, -0.05) is 13.0 Å². The number of hydrogen-bond acceptors (Lipinski definition) is 2. The van der Waals surface area contributed by atoms with E-state index >= 15 is 0 Å². The van der Waals surface area contributed by atoms with Crippen LogP contribution >= 0.6 is 15.9 Å². The maximum Gasteiger partial charge on any atom is 0.471 e. The highest BCUT2D eigenvalue weighted by molar-refractivity contribution is 9.10. The van der Waals surface area contributed by atoms with E-state index in [1.807, 2.05) is 19.2 Å². The lowest BCUT2D eigenvalue weighted by atomic mass is 10.1. The fourth-order valence-corrected chi connectivity index (χ4v) is 3.25. The SMILES string of the molecule is Cc1ccc(C(=O)N[C@H](CNC(=O)C(F)(F)F)[C@@H]2C[C@@H]2C)c(Br)c1. The molecule has 24 heavy (non-hydrogen) atoms. The van der Waals surface area contributed by atoms with Gasteiger partial charge in [0.05, 0.1) is 5.56 Å². The Labute approximate surface area is 146 Å². The number of nitrogens with one attached hydrogen (secondary N) is 2. The molecule has 0 radical (unpaired) electrons. The number of carbonyl (C=O) groups excluding carboxylic acids is 2. The van der Waals surface area contributed by atoms with Gasteiger partial charge < -0.3 is 10.6 Å². The molecule has 0 aromatic heterocycles. The molecule has 2 amide bonds. The van der Waals surface area contributed by atoms with Crippen LogP contribution in [0.5, 0.6) is 0 Å². The molecule has 0 heterocycles. The first-order valence-electron chi connectivity index (χ1n) is 7.51. The number of rotatable bonds is 5. The molecule has 2 N–H and O–H groups in total. The number of hydrogen-bond donors (Lipinski definition) is 2. The van der Waals surface area contributed by atoms with E-state index in [1.54, 1.807) is 18.2 Å². The van der Waals surface area contributed by atoms with Gasteiger partial charge in [0.25, 0.3) is 5.91 Å². The molecule has 1 aromatic carbocycles. The number of carbonyl (C=O) groups is 2. The molecule has 0 saturated heterocycles. The second-order valence-corrected chi connectivity index (χ2v) is 7.00. The van der Waals surface area contributed by atoms with Crippen molar-refractivity contribution in [1.29, 1.82) is 0 Å². The highest BCUT2D eigenvalue weighted by Gasteiger charge is 2.43.